The lowest BCUT2D eigenvalue weighted by Crippen LogP contribution is -2.04. The van der Waals surface area contributed by atoms with Gasteiger partial charge in [0, 0.05) is 25.4 Å². The molecule has 0 aliphatic carbocycles. The van der Waals surface area contributed by atoms with Gasteiger partial charge in [0.05, 0.1) is 12.1 Å². The van der Waals surface area contributed by atoms with E-state index in [2.05, 4.69) is 11.1 Å². The summed E-state index contributed by atoms with van der Waals surface area (Å²) in [5, 5.41) is 16.0. The molecule has 0 bridgehead atoms. The zero-order valence-corrected chi connectivity index (χ0v) is 15.7. The third-order valence-corrected chi connectivity index (χ3v) is 3.99. The summed E-state index contributed by atoms with van der Waals surface area (Å²) < 4.78 is 5.86. The highest BCUT2D eigenvalue weighted by atomic mass is 16.5. The van der Waals surface area contributed by atoms with Crippen LogP contribution >= 0.6 is 0 Å². The second-order valence-corrected chi connectivity index (χ2v) is 5.91. The molecule has 0 saturated carbocycles. The highest BCUT2D eigenvalue weighted by molar-refractivity contribution is 5.71. The molecule has 0 fully saturated rings. The number of aliphatic hydroxyl groups is 1. The first kappa shape index (κ1) is 21.1. The van der Waals surface area contributed by atoms with Crippen molar-refractivity contribution >= 4 is 5.97 Å². The maximum atomic E-state index is 11.0. The van der Waals surface area contributed by atoms with Gasteiger partial charge < -0.3 is 20.7 Å². The second-order valence-electron chi connectivity index (χ2n) is 5.91. The van der Waals surface area contributed by atoms with Gasteiger partial charge in [-0.05, 0) is 41.0 Å². The number of aliphatic carboxylic acids is 1. The van der Waals surface area contributed by atoms with E-state index in [-0.39, 0.29) is 6.42 Å². The van der Waals surface area contributed by atoms with Crippen molar-refractivity contribution in [3.63, 3.8) is 0 Å². The summed E-state index contributed by atoms with van der Waals surface area (Å²) >= 11 is 0. The summed E-state index contributed by atoms with van der Waals surface area (Å²) in [6.45, 7) is 0.760. The van der Waals surface area contributed by atoms with Crippen molar-refractivity contribution in [1.29, 1.82) is 0 Å². The molecule has 0 aliphatic rings. The predicted octanol–water partition coefficient (Wildman–Crippen LogP) is 3.02. The summed E-state index contributed by atoms with van der Waals surface area (Å²) in [5.74, 6) is -0.286. The molecule has 0 unspecified atom stereocenters. The highest BCUT2D eigenvalue weighted by Gasteiger charge is 2.08. The predicted molar refractivity (Wildman–Crippen MR) is 108 cm³/mol. The first-order chi connectivity index (χ1) is 13.7. The number of benzene rings is 2. The van der Waals surface area contributed by atoms with Crippen LogP contribution in [0.1, 0.15) is 16.8 Å². The van der Waals surface area contributed by atoms with Gasteiger partial charge >= 0.3 is 5.97 Å². The third-order valence-electron chi connectivity index (χ3n) is 3.99. The molecule has 1 aromatic heterocycles. The number of nitrogens with zero attached hydrogens (tertiary/aromatic N) is 1. The van der Waals surface area contributed by atoms with Crippen LogP contribution in [-0.2, 0) is 24.4 Å². The Morgan fingerprint density at radius 2 is 1.79 bits per heavy atom. The number of aliphatic hydroxyl groups excluding tert-OH is 1. The smallest absolute Gasteiger partial charge is 0.307 e. The lowest BCUT2D eigenvalue weighted by molar-refractivity contribution is -0.136. The molecule has 3 aromatic rings. The van der Waals surface area contributed by atoms with Crippen molar-refractivity contribution in [2.24, 2.45) is 5.73 Å². The van der Waals surface area contributed by atoms with Gasteiger partial charge in [-0.1, -0.05) is 36.4 Å². The Hall–Kier alpha value is -3.22. The molecule has 0 aliphatic heterocycles. The molecule has 0 spiro atoms. The first-order valence-corrected chi connectivity index (χ1v) is 8.77. The van der Waals surface area contributed by atoms with Crippen molar-refractivity contribution in [2.75, 3.05) is 7.11 Å². The molecule has 6 heteroatoms. The topological polar surface area (TPSA) is 106 Å². The van der Waals surface area contributed by atoms with E-state index in [1.165, 1.54) is 0 Å². The molecule has 0 amide bonds. The summed E-state index contributed by atoms with van der Waals surface area (Å²) in [6.07, 6.45) is 1.69. The molecule has 28 heavy (non-hydrogen) atoms. The number of hydrogen-bond donors (Lipinski definition) is 3. The fraction of sp³-hybridized carbons (Fsp3) is 0.182. The first-order valence-electron chi connectivity index (χ1n) is 8.77. The van der Waals surface area contributed by atoms with E-state index in [9.17, 15) is 4.79 Å². The van der Waals surface area contributed by atoms with Crippen LogP contribution in [0.15, 0.2) is 66.9 Å². The van der Waals surface area contributed by atoms with E-state index in [1.807, 2.05) is 42.5 Å². The van der Waals surface area contributed by atoms with E-state index in [0.717, 1.165) is 29.5 Å². The minimum absolute atomic E-state index is 0.0604. The van der Waals surface area contributed by atoms with E-state index in [1.54, 1.807) is 18.3 Å². The van der Waals surface area contributed by atoms with Crippen molar-refractivity contribution in [3.8, 4) is 16.9 Å². The van der Waals surface area contributed by atoms with Gasteiger partial charge in [-0.2, -0.15) is 0 Å². The summed E-state index contributed by atoms with van der Waals surface area (Å²) in [4.78, 5) is 15.2. The second kappa shape index (κ2) is 10.8. The van der Waals surface area contributed by atoms with E-state index in [4.69, 9.17) is 20.7 Å². The van der Waals surface area contributed by atoms with Crippen molar-refractivity contribution in [1.82, 2.24) is 4.98 Å². The quantitative estimate of drug-likeness (QED) is 0.582. The van der Waals surface area contributed by atoms with Gasteiger partial charge in [-0.15, -0.1) is 0 Å². The summed E-state index contributed by atoms with van der Waals surface area (Å²) in [6, 6.07) is 19.2. The van der Waals surface area contributed by atoms with Crippen molar-refractivity contribution < 1.29 is 19.7 Å². The Bertz CT molecular complexity index is 912. The minimum atomic E-state index is -0.878. The zero-order chi connectivity index (χ0) is 20.4. The van der Waals surface area contributed by atoms with Gasteiger partial charge in [0.1, 0.15) is 12.4 Å². The maximum Gasteiger partial charge on any atom is 0.307 e. The highest BCUT2D eigenvalue weighted by Crippen LogP contribution is 2.23. The van der Waals surface area contributed by atoms with Gasteiger partial charge in [-0.25, -0.2) is 0 Å². The summed E-state index contributed by atoms with van der Waals surface area (Å²) in [5.41, 5.74) is 10.3. The standard InChI is InChI=1S/C21H20N2O3.CH4O/c22-13-19-11-17(8-9-23-19)16-6-3-4-15(10-16)14-26-20-7-2-1-5-18(20)12-21(24)25;1-2/h1-11H,12-14,22H2,(H,24,25);2H,1H3. The largest absolute Gasteiger partial charge is 0.489 e. The Kier molecular flexibility index (Phi) is 8.14. The molecular formula is C22H24N2O4. The Morgan fingerprint density at radius 3 is 2.54 bits per heavy atom. The number of ether oxygens (including phenoxy) is 1. The molecule has 2 aromatic carbocycles. The van der Waals surface area contributed by atoms with E-state index < -0.39 is 5.97 Å². The number of aromatic nitrogens is 1. The lowest BCUT2D eigenvalue weighted by atomic mass is 10.0. The number of para-hydroxylation sites is 1. The fourth-order valence-corrected chi connectivity index (χ4v) is 2.72. The van der Waals surface area contributed by atoms with Crippen molar-refractivity contribution in [3.05, 3.63) is 83.7 Å². The number of hydrogen-bond acceptors (Lipinski definition) is 5. The zero-order valence-electron chi connectivity index (χ0n) is 15.7. The van der Waals surface area contributed by atoms with Gasteiger partial charge in [0.15, 0.2) is 0 Å². The molecule has 146 valence electrons. The van der Waals surface area contributed by atoms with Gasteiger partial charge in [0.2, 0.25) is 0 Å². The van der Waals surface area contributed by atoms with Crippen LogP contribution in [0.5, 0.6) is 5.75 Å². The van der Waals surface area contributed by atoms with E-state index >= 15 is 0 Å². The van der Waals surface area contributed by atoms with Crippen molar-refractivity contribution in [2.45, 2.75) is 19.6 Å². The van der Waals surface area contributed by atoms with Crippen LogP contribution in [0.25, 0.3) is 11.1 Å². The van der Waals surface area contributed by atoms with Crippen LogP contribution in [0, 0.1) is 0 Å². The average Bonchev–Trinajstić information content (AvgIpc) is 2.74. The van der Waals surface area contributed by atoms with Crippen LogP contribution in [0.3, 0.4) is 0 Å². The molecular weight excluding hydrogens is 356 g/mol. The van der Waals surface area contributed by atoms with Crippen LogP contribution in [0.2, 0.25) is 0 Å². The third kappa shape index (κ3) is 5.90. The number of carbonyl (C=O) groups is 1. The number of nitrogens with two attached hydrogens (primary N) is 1. The molecule has 0 atom stereocenters. The molecule has 4 N–H and O–H groups in total. The van der Waals surface area contributed by atoms with E-state index in [0.29, 0.717) is 24.5 Å². The fourth-order valence-electron chi connectivity index (χ4n) is 2.72. The number of carboxylic acids is 1. The average molecular weight is 380 g/mol. The molecule has 6 nitrogen and oxygen atoms in total. The molecule has 3 rings (SSSR count). The number of rotatable bonds is 7. The maximum absolute atomic E-state index is 11.0. The van der Waals surface area contributed by atoms with Gasteiger partial charge in [-0.3, -0.25) is 9.78 Å². The molecule has 0 radical (unpaired) electrons. The van der Waals surface area contributed by atoms with Crippen LogP contribution in [-0.4, -0.2) is 28.3 Å². The molecule has 0 saturated heterocycles. The lowest BCUT2D eigenvalue weighted by Gasteiger charge is -2.11. The summed E-state index contributed by atoms with van der Waals surface area (Å²) in [7, 11) is 1.00. The SMILES string of the molecule is CO.NCc1cc(-c2cccc(COc3ccccc3CC(=O)O)c2)ccn1. The Balaban J connectivity index is 0.00000136. The normalized spacial score (nSPS) is 9.96. The Labute approximate surface area is 164 Å². The molecule has 1 heterocycles. The van der Waals surface area contributed by atoms with Gasteiger partial charge in [0.25, 0.3) is 0 Å². The number of pyridine rings is 1. The van der Waals surface area contributed by atoms with Crippen LogP contribution < -0.4 is 10.5 Å². The Morgan fingerprint density at radius 1 is 1.04 bits per heavy atom. The van der Waals surface area contributed by atoms with Crippen LogP contribution in [0.4, 0.5) is 0 Å². The minimum Gasteiger partial charge on any atom is -0.489 e. The monoisotopic (exact) mass is 380 g/mol. The number of carboxylic acid groups (broad SMARTS) is 1.